The molecule has 1 aliphatic rings. The van der Waals surface area contributed by atoms with E-state index >= 15 is 0 Å². The molecule has 0 unspecified atom stereocenters. The zero-order chi connectivity index (χ0) is 21.8. The third kappa shape index (κ3) is 5.33. The molecule has 0 spiro atoms. The number of carbonyl (C=O) groups excluding carboxylic acids is 1. The monoisotopic (exact) mass is 424 g/mol. The number of benzene rings is 3. The fourth-order valence-corrected chi connectivity index (χ4v) is 3.89. The van der Waals surface area contributed by atoms with Crippen molar-refractivity contribution in [3.8, 4) is 11.1 Å². The minimum absolute atomic E-state index is 0.129. The summed E-state index contributed by atoms with van der Waals surface area (Å²) in [4.78, 5) is 13.7. The van der Waals surface area contributed by atoms with Crippen LogP contribution in [0.25, 0.3) is 11.1 Å². The van der Waals surface area contributed by atoms with Gasteiger partial charge in [-0.1, -0.05) is 60.7 Å². The molecule has 0 atom stereocenters. The van der Waals surface area contributed by atoms with Gasteiger partial charge in [0.25, 0.3) is 0 Å². The third-order valence-electron chi connectivity index (χ3n) is 5.57. The maximum atomic E-state index is 12.5. The van der Waals surface area contributed by atoms with Crippen molar-refractivity contribution in [3.63, 3.8) is 0 Å². The van der Waals surface area contributed by atoms with Gasteiger partial charge >= 0.3 is 12.1 Å². The minimum Gasteiger partial charge on any atom is -0.318 e. The Balaban J connectivity index is 1.44. The topological polar surface area (TPSA) is 32.3 Å². The van der Waals surface area contributed by atoms with E-state index in [4.69, 9.17) is 0 Å². The maximum Gasteiger partial charge on any atom is 0.471 e. The van der Waals surface area contributed by atoms with E-state index in [0.29, 0.717) is 0 Å². The van der Waals surface area contributed by atoms with Crippen LogP contribution in [-0.4, -0.2) is 30.1 Å². The molecule has 0 bridgehead atoms. The fourth-order valence-electron chi connectivity index (χ4n) is 3.89. The van der Waals surface area contributed by atoms with Crippen molar-refractivity contribution in [3.05, 3.63) is 89.5 Å². The SMILES string of the molecule is O=C(Nc1cccc(-c2ccc3c(c2)CCN(CCc2ccccc2)C3)c1)C(F)(F)F. The lowest BCUT2D eigenvalue weighted by molar-refractivity contribution is -0.167. The molecule has 1 N–H and O–H groups in total. The van der Waals surface area contributed by atoms with Crippen LogP contribution in [0.1, 0.15) is 16.7 Å². The Morgan fingerprint density at radius 2 is 1.68 bits per heavy atom. The molecule has 160 valence electrons. The van der Waals surface area contributed by atoms with Crippen molar-refractivity contribution in [2.45, 2.75) is 25.6 Å². The number of nitrogens with one attached hydrogen (secondary N) is 1. The van der Waals surface area contributed by atoms with E-state index < -0.39 is 12.1 Å². The van der Waals surface area contributed by atoms with Crippen LogP contribution in [0.4, 0.5) is 18.9 Å². The minimum atomic E-state index is -4.91. The number of nitrogens with zero attached hydrogens (tertiary/aromatic N) is 1. The van der Waals surface area contributed by atoms with Crippen molar-refractivity contribution < 1.29 is 18.0 Å². The van der Waals surface area contributed by atoms with Gasteiger partial charge in [-0.15, -0.1) is 0 Å². The summed E-state index contributed by atoms with van der Waals surface area (Å²) in [5, 5.41) is 1.92. The van der Waals surface area contributed by atoms with Crippen LogP contribution < -0.4 is 5.32 Å². The Morgan fingerprint density at radius 1 is 0.903 bits per heavy atom. The highest BCUT2D eigenvalue weighted by Gasteiger charge is 2.38. The highest BCUT2D eigenvalue weighted by atomic mass is 19.4. The second-order valence-corrected chi connectivity index (χ2v) is 7.78. The number of anilines is 1. The van der Waals surface area contributed by atoms with E-state index in [-0.39, 0.29) is 5.69 Å². The molecule has 31 heavy (non-hydrogen) atoms. The molecule has 0 saturated heterocycles. The molecule has 0 aliphatic carbocycles. The number of hydrogen-bond acceptors (Lipinski definition) is 2. The molecular formula is C25H23F3N2O. The lowest BCUT2D eigenvalue weighted by Gasteiger charge is -2.29. The van der Waals surface area contributed by atoms with Gasteiger partial charge < -0.3 is 5.32 Å². The number of rotatable bonds is 5. The zero-order valence-electron chi connectivity index (χ0n) is 17.0. The summed E-state index contributed by atoms with van der Waals surface area (Å²) in [5.74, 6) is -1.97. The van der Waals surface area contributed by atoms with Crippen molar-refractivity contribution in [2.24, 2.45) is 0 Å². The zero-order valence-corrected chi connectivity index (χ0v) is 17.0. The van der Waals surface area contributed by atoms with Gasteiger partial charge in [-0.05, 0) is 52.8 Å². The Bertz CT molecular complexity index is 1060. The Morgan fingerprint density at radius 3 is 2.45 bits per heavy atom. The largest absolute Gasteiger partial charge is 0.471 e. The van der Waals surface area contributed by atoms with Crippen LogP contribution in [0.3, 0.4) is 0 Å². The van der Waals surface area contributed by atoms with Crippen LogP contribution in [0.15, 0.2) is 72.8 Å². The fraction of sp³-hybridized carbons (Fsp3) is 0.240. The number of halogens is 3. The van der Waals surface area contributed by atoms with Crippen molar-refractivity contribution >= 4 is 11.6 Å². The average molecular weight is 424 g/mol. The predicted molar refractivity (Wildman–Crippen MR) is 116 cm³/mol. The van der Waals surface area contributed by atoms with Crippen molar-refractivity contribution in [1.29, 1.82) is 0 Å². The second kappa shape index (κ2) is 8.94. The average Bonchev–Trinajstić information content (AvgIpc) is 2.77. The van der Waals surface area contributed by atoms with Crippen LogP contribution in [0.2, 0.25) is 0 Å². The standard InChI is InChI=1S/C25H23F3N2O/c26-25(27,28)24(31)29-23-8-4-7-19(16-23)20-9-10-22-17-30(14-12-21(22)15-20)13-11-18-5-2-1-3-6-18/h1-10,15-16H,11-14,17H2,(H,29,31). The quantitative estimate of drug-likeness (QED) is 0.590. The van der Waals surface area contributed by atoms with E-state index in [1.165, 1.54) is 22.8 Å². The highest BCUT2D eigenvalue weighted by molar-refractivity contribution is 5.95. The normalized spacial score (nSPS) is 14.2. The lowest BCUT2D eigenvalue weighted by Crippen LogP contribution is -2.32. The van der Waals surface area contributed by atoms with Crippen LogP contribution in [0, 0.1) is 0 Å². The van der Waals surface area contributed by atoms with Gasteiger partial charge in [0.05, 0.1) is 0 Å². The highest BCUT2D eigenvalue weighted by Crippen LogP contribution is 2.28. The summed E-state index contributed by atoms with van der Waals surface area (Å²) in [5.41, 5.74) is 5.71. The van der Waals surface area contributed by atoms with E-state index in [1.54, 1.807) is 12.1 Å². The Hall–Kier alpha value is -3.12. The molecule has 0 aromatic heterocycles. The van der Waals surface area contributed by atoms with E-state index in [2.05, 4.69) is 41.3 Å². The van der Waals surface area contributed by atoms with Crippen molar-refractivity contribution in [2.75, 3.05) is 18.4 Å². The summed E-state index contributed by atoms with van der Waals surface area (Å²) in [6, 6.07) is 23.1. The van der Waals surface area contributed by atoms with Crippen LogP contribution >= 0.6 is 0 Å². The molecule has 4 rings (SSSR count). The first kappa shape index (κ1) is 21.1. The molecule has 0 saturated carbocycles. The van der Waals surface area contributed by atoms with Gasteiger partial charge in [0.2, 0.25) is 0 Å². The lowest BCUT2D eigenvalue weighted by atomic mass is 9.94. The van der Waals surface area contributed by atoms with E-state index in [9.17, 15) is 18.0 Å². The van der Waals surface area contributed by atoms with Gasteiger partial charge in [-0.25, -0.2) is 0 Å². The second-order valence-electron chi connectivity index (χ2n) is 7.78. The van der Waals surface area contributed by atoms with Gasteiger partial charge in [-0.2, -0.15) is 13.2 Å². The molecule has 6 heteroatoms. The third-order valence-corrected chi connectivity index (χ3v) is 5.57. The maximum absolute atomic E-state index is 12.5. The summed E-state index contributed by atoms with van der Waals surface area (Å²) in [6.45, 7) is 2.88. The molecule has 0 radical (unpaired) electrons. The van der Waals surface area contributed by atoms with Gasteiger partial charge in [-0.3, -0.25) is 9.69 Å². The smallest absolute Gasteiger partial charge is 0.318 e. The molecule has 0 fully saturated rings. The summed E-state index contributed by atoms with van der Waals surface area (Å²) in [7, 11) is 0. The van der Waals surface area contributed by atoms with Gasteiger partial charge in [0.1, 0.15) is 0 Å². The first-order valence-corrected chi connectivity index (χ1v) is 10.3. The molecule has 1 heterocycles. The Labute approximate surface area is 179 Å². The number of fused-ring (bicyclic) bond motifs is 1. The van der Waals surface area contributed by atoms with Gasteiger partial charge in [0.15, 0.2) is 0 Å². The van der Waals surface area contributed by atoms with Gasteiger partial charge in [0, 0.05) is 25.3 Å². The number of hydrogen-bond donors (Lipinski definition) is 1. The Kier molecular flexibility index (Phi) is 6.09. The van der Waals surface area contributed by atoms with E-state index in [0.717, 1.165) is 43.6 Å². The molecular weight excluding hydrogens is 401 g/mol. The number of amides is 1. The van der Waals surface area contributed by atoms with Crippen LogP contribution in [-0.2, 0) is 24.2 Å². The molecule has 3 aromatic carbocycles. The molecule has 3 aromatic rings. The van der Waals surface area contributed by atoms with Crippen molar-refractivity contribution in [1.82, 2.24) is 4.90 Å². The molecule has 1 amide bonds. The summed E-state index contributed by atoms with van der Waals surface area (Å²) >= 11 is 0. The summed E-state index contributed by atoms with van der Waals surface area (Å²) < 4.78 is 37.5. The predicted octanol–water partition coefficient (Wildman–Crippen LogP) is 5.46. The number of carbonyl (C=O) groups is 1. The van der Waals surface area contributed by atoms with Crippen LogP contribution in [0.5, 0.6) is 0 Å². The van der Waals surface area contributed by atoms with E-state index in [1.807, 2.05) is 23.5 Å². The summed E-state index contributed by atoms with van der Waals surface area (Å²) in [6.07, 6.45) is -2.96. The number of alkyl halides is 3. The molecule has 1 aliphatic heterocycles. The first-order chi connectivity index (χ1) is 14.9. The first-order valence-electron chi connectivity index (χ1n) is 10.3. The molecule has 3 nitrogen and oxygen atoms in total.